The van der Waals surface area contributed by atoms with Crippen LogP contribution in [-0.2, 0) is 6.54 Å². The van der Waals surface area contributed by atoms with E-state index in [1.165, 1.54) is 18.2 Å². The summed E-state index contributed by atoms with van der Waals surface area (Å²) in [6, 6.07) is 13.7. The largest absolute Gasteiger partial charge is 0.439 e. The van der Waals surface area contributed by atoms with E-state index in [0.29, 0.717) is 37.2 Å². The number of para-hydroxylation sites is 1. The van der Waals surface area contributed by atoms with E-state index in [2.05, 4.69) is 20.6 Å². The second-order valence-electron chi connectivity index (χ2n) is 7.33. The summed E-state index contributed by atoms with van der Waals surface area (Å²) in [5, 5.41) is 6.55. The first-order valence-electron chi connectivity index (χ1n) is 10.4. The van der Waals surface area contributed by atoms with Crippen LogP contribution in [0.25, 0.3) is 11.3 Å². The molecular weight excluding hydrogens is 527 g/mol. The number of nitrogens with zero attached hydrogens (tertiary/aromatic N) is 3. The lowest BCUT2D eigenvalue weighted by molar-refractivity contribution is 0.508. The first-order valence-corrected chi connectivity index (χ1v) is 10.4. The van der Waals surface area contributed by atoms with Crippen molar-refractivity contribution in [3.63, 3.8) is 0 Å². The summed E-state index contributed by atoms with van der Waals surface area (Å²) in [5.41, 5.74) is 0.989. The summed E-state index contributed by atoms with van der Waals surface area (Å²) in [5.74, 6) is 0.737. The Morgan fingerprint density at radius 1 is 1.16 bits per heavy atom. The zero-order chi connectivity index (χ0) is 21.6. The van der Waals surface area contributed by atoms with Crippen molar-refractivity contribution in [3.05, 3.63) is 72.3 Å². The van der Waals surface area contributed by atoms with E-state index in [0.717, 1.165) is 12.0 Å². The van der Waals surface area contributed by atoms with Gasteiger partial charge >= 0.3 is 0 Å². The van der Waals surface area contributed by atoms with Gasteiger partial charge in [0.1, 0.15) is 23.9 Å². The van der Waals surface area contributed by atoms with Gasteiger partial charge in [0.25, 0.3) is 0 Å². The summed E-state index contributed by atoms with van der Waals surface area (Å²) >= 11 is 0. The van der Waals surface area contributed by atoms with Crippen molar-refractivity contribution in [2.75, 3.05) is 24.5 Å². The predicted octanol–water partition coefficient (Wildman–Crippen LogP) is 4.57. The molecular formula is C23H26F2IN5O. The van der Waals surface area contributed by atoms with Crippen LogP contribution in [0.2, 0.25) is 0 Å². The highest BCUT2D eigenvalue weighted by molar-refractivity contribution is 14.0. The Morgan fingerprint density at radius 3 is 2.62 bits per heavy atom. The number of aliphatic imine (C=N–C) groups is 1. The lowest BCUT2D eigenvalue weighted by atomic mass is 10.2. The number of benzene rings is 2. The molecule has 2 heterocycles. The Kier molecular flexibility index (Phi) is 8.43. The van der Waals surface area contributed by atoms with Gasteiger partial charge in [-0.1, -0.05) is 36.4 Å². The molecule has 1 aliphatic heterocycles. The van der Waals surface area contributed by atoms with Crippen LogP contribution in [0.4, 0.5) is 14.5 Å². The molecule has 1 atom stereocenters. The second-order valence-corrected chi connectivity index (χ2v) is 7.33. The van der Waals surface area contributed by atoms with Crippen LogP contribution in [0.3, 0.4) is 0 Å². The number of hydrogen-bond donors (Lipinski definition) is 2. The maximum atomic E-state index is 14.1. The van der Waals surface area contributed by atoms with Gasteiger partial charge in [0.2, 0.25) is 5.89 Å². The molecule has 1 aromatic heterocycles. The van der Waals surface area contributed by atoms with Crippen LogP contribution >= 0.6 is 24.0 Å². The molecule has 4 rings (SSSR count). The first-order chi connectivity index (χ1) is 15.1. The highest BCUT2D eigenvalue weighted by Gasteiger charge is 2.27. The molecule has 3 aromatic rings. The van der Waals surface area contributed by atoms with Crippen LogP contribution in [0.1, 0.15) is 19.2 Å². The maximum Gasteiger partial charge on any atom is 0.216 e. The summed E-state index contributed by atoms with van der Waals surface area (Å²) < 4.78 is 34.0. The third-order valence-electron chi connectivity index (χ3n) is 5.11. The molecule has 0 aliphatic carbocycles. The molecule has 9 heteroatoms. The van der Waals surface area contributed by atoms with Crippen molar-refractivity contribution in [1.82, 2.24) is 15.6 Å². The monoisotopic (exact) mass is 553 g/mol. The maximum absolute atomic E-state index is 14.1. The molecule has 1 unspecified atom stereocenters. The molecule has 0 spiro atoms. The molecule has 1 fully saturated rings. The molecule has 1 aliphatic rings. The standard InChI is InChI=1S/C23H25F2N5O.HI/c1-2-26-23(28-14-21-27-13-20(31-21)16-7-4-3-5-8-16)29-17-11-12-30(15-17)22-18(24)9-6-10-19(22)25;/h3-10,13,17H,2,11-12,14-15H2,1H3,(H2,26,28,29);1H. The topological polar surface area (TPSA) is 65.7 Å². The molecule has 0 bridgehead atoms. The zero-order valence-electron chi connectivity index (χ0n) is 17.7. The third-order valence-corrected chi connectivity index (χ3v) is 5.11. The molecule has 6 nitrogen and oxygen atoms in total. The summed E-state index contributed by atoms with van der Waals surface area (Å²) in [7, 11) is 0. The number of anilines is 1. The fraction of sp³-hybridized carbons (Fsp3) is 0.304. The Labute approximate surface area is 203 Å². The number of aromatic nitrogens is 1. The minimum Gasteiger partial charge on any atom is -0.439 e. The van der Waals surface area contributed by atoms with Crippen molar-refractivity contribution in [1.29, 1.82) is 0 Å². The summed E-state index contributed by atoms with van der Waals surface area (Å²) in [6.45, 7) is 3.99. The molecule has 0 amide bonds. The normalized spacial score (nSPS) is 16.0. The number of guanidine groups is 1. The number of nitrogens with one attached hydrogen (secondary N) is 2. The molecule has 0 radical (unpaired) electrons. The van der Waals surface area contributed by atoms with E-state index in [-0.39, 0.29) is 42.3 Å². The van der Waals surface area contributed by atoms with Gasteiger partial charge in [-0.25, -0.2) is 18.8 Å². The van der Waals surface area contributed by atoms with E-state index in [9.17, 15) is 8.78 Å². The molecule has 2 aromatic carbocycles. The Balaban J connectivity index is 0.00000289. The quantitative estimate of drug-likeness (QED) is 0.266. The van der Waals surface area contributed by atoms with Gasteiger partial charge in [-0.3, -0.25) is 0 Å². The zero-order valence-corrected chi connectivity index (χ0v) is 20.1. The summed E-state index contributed by atoms with van der Waals surface area (Å²) in [4.78, 5) is 10.6. The van der Waals surface area contributed by atoms with Gasteiger partial charge in [-0.2, -0.15) is 0 Å². The van der Waals surface area contributed by atoms with Crippen LogP contribution in [0, 0.1) is 11.6 Å². The smallest absolute Gasteiger partial charge is 0.216 e. The fourth-order valence-electron chi connectivity index (χ4n) is 3.65. The fourth-order valence-corrected chi connectivity index (χ4v) is 3.65. The number of oxazole rings is 1. The van der Waals surface area contributed by atoms with Crippen molar-refractivity contribution >= 4 is 35.6 Å². The van der Waals surface area contributed by atoms with E-state index in [4.69, 9.17) is 4.42 Å². The number of hydrogen-bond acceptors (Lipinski definition) is 4. The Hall–Kier alpha value is -2.69. The average molecular weight is 553 g/mol. The Morgan fingerprint density at radius 2 is 1.91 bits per heavy atom. The Bertz CT molecular complexity index is 1020. The minimum atomic E-state index is -0.542. The third kappa shape index (κ3) is 5.76. The number of halogens is 3. The second kappa shape index (κ2) is 11.3. The first kappa shape index (κ1) is 24.0. The lowest BCUT2D eigenvalue weighted by Gasteiger charge is -2.21. The SMILES string of the molecule is CCNC(=NCc1ncc(-c2ccccc2)o1)NC1CCN(c2c(F)cccc2F)C1.I. The highest BCUT2D eigenvalue weighted by Crippen LogP contribution is 2.26. The molecule has 170 valence electrons. The van der Waals surface area contributed by atoms with E-state index < -0.39 is 11.6 Å². The van der Waals surface area contributed by atoms with Crippen molar-refractivity contribution in [2.24, 2.45) is 4.99 Å². The van der Waals surface area contributed by atoms with Crippen LogP contribution in [-0.4, -0.2) is 36.6 Å². The molecule has 0 saturated carbocycles. The minimum absolute atomic E-state index is 0. The van der Waals surface area contributed by atoms with Crippen LogP contribution in [0.15, 0.2) is 64.1 Å². The van der Waals surface area contributed by atoms with Crippen molar-refractivity contribution in [3.8, 4) is 11.3 Å². The van der Waals surface area contributed by atoms with Gasteiger partial charge in [-0.05, 0) is 25.5 Å². The van der Waals surface area contributed by atoms with Gasteiger partial charge < -0.3 is 20.0 Å². The van der Waals surface area contributed by atoms with Crippen LogP contribution in [0.5, 0.6) is 0 Å². The molecule has 2 N–H and O–H groups in total. The van der Waals surface area contributed by atoms with E-state index in [1.54, 1.807) is 11.1 Å². The molecule has 1 saturated heterocycles. The van der Waals surface area contributed by atoms with Crippen LogP contribution < -0.4 is 15.5 Å². The summed E-state index contributed by atoms with van der Waals surface area (Å²) in [6.07, 6.45) is 2.44. The van der Waals surface area contributed by atoms with Gasteiger partial charge in [-0.15, -0.1) is 24.0 Å². The van der Waals surface area contributed by atoms with Gasteiger partial charge in [0, 0.05) is 31.2 Å². The van der Waals surface area contributed by atoms with Gasteiger partial charge in [0.05, 0.1) is 6.20 Å². The highest BCUT2D eigenvalue weighted by atomic mass is 127. The average Bonchev–Trinajstić information content (AvgIpc) is 3.43. The van der Waals surface area contributed by atoms with Crippen molar-refractivity contribution < 1.29 is 13.2 Å². The predicted molar refractivity (Wildman–Crippen MR) is 132 cm³/mol. The molecule has 32 heavy (non-hydrogen) atoms. The van der Waals surface area contributed by atoms with E-state index >= 15 is 0 Å². The number of rotatable bonds is 6. The van der Waals surface area contributed by atoms with E-state index in [1.807, 2.05) is 37.3 Å². The van der Waals surface area contributed by atoms with Crippen molar-refractivity contribution in [2.45, 2.75) is 25.9 Å². The lowest BCUT2D eigenvalue weighted by Crippen LogP contribution is -2.44. The van der Waals surface area contributed by atoms with Gasteiger partial charge in [0.15, 0.2) is 11.7 Å².